The molecule has 25 N–H and O–H groups in total. The molecular formula is C58H98N2O42. The van der Waals surface area contributed by atoms with Gasteiger partial charge in [-0.25, -0.2) is 0 Å². The van der Waals surface area contributed by atoms with Gasteiger partial charge in [0, 0.05) is 13.8 Å². The molecule has 0 unspecified atom stereocenters. The maximum Gasteiger partial charge on any atom is 0.217 e. The second-order valence-corrected chi connectivity index (χ2v) is 26.6. The number of rotatable bonds is 23. The lowest BCUT2D eigenvalue weighted by atomic mass is 9.92. The Morgan fingerprint density at radius 1 is 0.275 bits per heavy atom. The standard InChI is InChI=1S/C58H98N2O42/c1-12-25(67)31(73)37(79)52(87-12)86-11-22-45(46(23(50(85)91-22)59-16(5)65)99-53-38(80)32(74)26(68)13(2)88-53)96-51-24(60-17(6)66)47(100-54-39(81)33(75)27(69)14(3)89-54)43(20(9-63)94-51)97-57-42(84)48(101-56-41(83)35(77)29(71)18(7-61)92-56)44(21(10-64)95-57)98-58-49(36(78)30(72)19(8-62)93-58)102-55-40(82)34(76)28(70)15(4)90-55/h12-15,18-58,61-64,67-85H,7-11H2,1-6H3,(H,59,65)(H,60,66)/t12-,13-,14-,15-,18+,19+,20+,21+,22+,23+,24+,25+,26+,27+,28+,29+,30-,31+,32+,33+,34+,35-,36-,37-,38-,39-,40-,41-,42-,43+,44+,45+,46+,47+,48+,49+,50+,51-,52+,53-,54-,55-,56+,57-,58-/m0/s1. The Bertz CT molecular complexity index is 2640. The van der Waals surface area contributed by atoms with Gasteiger partial charge in [0.2, 0.25) is 11.8 Å². The summed E-state index contributed by atoms with van der Waals surface area (Å²) in [5.41, 5.74) is 0. The molecule has 9 saturated heterocycles. The van der Waals surface area contributed by atoms with Crippen LogP contribution in [-0.4, -0.2) is 439 Å². The van der Waals surface area contributed by atoms with Gasteiger partial charge in [-0.1, -0.05) is 0 Å². The van der Waals surface area contributed by atoms with Crippen molar-refractivity contribution in [2.75, 3.05) is 33.0 Å². The van der Waals surface area contributed by atoms with Crippen LogP contribution in [0.4, 0.5) is 0 Å². The smallest absolute Gasteiger partial charge is 0.217 e. The highest BCUT2D eigenvalue weighted by Gasteiger charge is 2.62. The third kappa shape index (κ3) is 17.6. The number of aliphatic hydroxyl groups is 23. The Hall–Kier alpha value is -2.66. The van der Waals surface area contributed by atoms with Crippen molar-refractivity contribution in [1.29, 1.82) is 0 Å². The minimum atomic E-state index is -2.55. The van der Waals surface area contributed by atoms with E-state index in [2.05, 4.69) is 10.6 Å². The van der Waals surface area contributed by atoms with Crippen molar-refractivity contribution in [2.24, 2.45) is 0 Å². The van der Waals surface area contributed by atoms with E-state index in [9.17, 15) is 127 Å². The maximum atomic E-state index is 13.8. The lowest BCUT2D eigenvalue weighted by Crippen LogP contribution is -2.72. The average Bonchev–Trinajstić information content (AvgIpc) is 0.758. The van der Waals surface area contributed by atoms with Crippen molar-refractivity contribution in [3.63, 3.8) is 0 Å². The molecule has 0 aromatic carbocycles. The molecule has 102 heavy (non-hydrogen) atoms. The predicted octanol–water partition coefficient (Wildman–Crippen LogP) is -16.2. The number of nitrogens with one attached hydrogen (secondary N) is 2. The van der Waals surface area contributed by atoms with E-state index in [1.807, 2.05) is 0 Å². The fourth-order valence-electron chi connectivity index (χ4n) is 13.4. The summed E-state index contributed by atoms with van der Waals surface area (Å²) in [6.07, 6.45) is -85.6. The predicted molar refractivity (Wildman–Crippen MR) is 315 cm³/mol. The molecule has 44 nitrogen and oxygen atoms in total. The summed E-state index contributed by atoms with van der Waals surface area (Å²) in [7, 11) is 0. The molecular weight excluding hydrogens is 1400 g/mol. The molecule has 44 heteroatoms. The van der Waals surface area contributed by atoms with Crippen LogP contribution in [0.25, 0.3) is 0 Å². The summed E-state index contributed by atoms with van der Waals surface area (Å²) in [6.45, 7) is 1.40. The molecule has 9 aliphatic rings. The van der Waals surface area contributed by atoms with E-state index in [4.69, 9.17) is 80.5 Å². The van der Waals surface area contributed by atoms with Crippen LogP contribution in [0.1, 0.15) is 41.5 Å². The first kappa shape index (κ1) is 83.4. The van der Waals surface area contributed by atoms with Crippen LogP contribution in [0.15, 0.2) is 0 Å². The molecule has 0 aromatic rings. The van der Waals surface area contributed by atoms with E-state index in [-0.39, 0.29) is 0 Å². The van der Waals surface area contributed by atoms with Gasteiger partial charge in [0.05, 0.1) is 57.5 Å². The fourth-order valence-corrected chi connectivity index (χ4v) is 13.4. The molecule has 9 rings (SSSR count). The fraction of sp³-hybridized carbons (Fsp3) is 0.966. The van der Waals surface area contributed by atoms with Gasteiger partial charge in [-0.15, -0.1) is 0 Å². The SMILES string of the molecule is CC(=O)N[C@@H]1[C@@H](O[C@@H]2O[C@@H](C)[C@@H](O)[C@@H](O)[C@@H]2O)[C@H](O[C@@H]2O[C@H](CO)[C@@H](O[C@@H]3O[C@H](CO)[C@@H](O[C@@H]4O[C@H](CO)[C@H](O)[C@H](O)[C@H]4O[C@@H]4O[C@@H](C)[C@@H](O)[C@@H](O)[C@@H]4O)[C@H](O[C@H]4O[C@H](CO)[C@@H](O)[C@H](O)[C@@H]4O)[C@@H]3O)[C@H](O[C@@H]3O[C@@H](C)[C@@H](O)[C@@H](O)[C@@H]3O)[C@H]2NC(C)=O)[C@@H](CO[C@@H]2O[C@@H](C)[C@@H](O)[C@@H](O)[C@@H]2O)O[C@H]1O. The topological polar surface area (TPSA) is 680 Å². The first-order valence-corrected chi connectivity index (χ1v) is 33.1. The summed E-state index contributed by atoms with van der Waals surface area (Å²) >= 11 is 0. The van der Waals surface area contributed by atoms with Crippen LogP contribution in [-0.2, 0) is 90.1 Å². The van der Waals surface area contributed by atoms with Crippen molar-refractivity contribution in [3.8, 4) is 0 Å². The summed E-state index contributed by atoms with van der Waals surface area (Å²) < 4.78 is 103. The quantitative estimate of drug-likeness (QED) is 0.0452. The minimum absolute atomic E-state index is 0.891. The van der Waals surface area contributed by atoms with Crippen LogP contribution >= 0.6 is 0 Å². The van der Waals surface area contributed by atoms with Crippen molar-refractivity contribution < 1.29 is 208 Å². The van der Waals surface area contributed by atoms with Crippen molar-refractivity contribution in [2.45, 2.75) is 318 Å². The van der Waals surface area contributed by atoms with Gasteiger partial charge in [0.25, 0.3) is 0 Å². The van der Waals surface area contributed by atoms with Gasteiger partial charge < -0.3 is 209 Å². The minimum Gasteiger partial charge on any atom is -0.394 e. The van der Waals surface area contributed by atoms with Gasteiger partial charge in [-0.2, -0.15) is 0 Å². The zero-order chi connectivity index (χ0) is 75.1. The first-order valence-electron chi connectivity index (χ1n) is 33.1. The van der Waals surface area contributed by atoms with Gasteiger partial charge >= 0.3 is 0 Å². The van der Waals surface area contributed by atoms with Crippen LogP contribution in [0.2, 0.25) is 0 Å². The molecule has 9 aliphatic heterocycles. The number of hydrogen-bond donors (Lipinski definition) is 25. The summed E-state index contributed by atoms with van der Waals surface area (Å²) in [4.78, 5) is 26.8. The van der Waals surface area contributed by atoms with Crippen molar-refractivity contribution in [1.82, 2.24) is 10.6 Å². The van der Waals surface area contributed by atoms with Crippen LogP contribution < -0.4 is 10.6 Å². The number of ether oxygens (including phenoxy) is 17. The number of aliphatic hydroxyl groups excluding tert-OH is 23. The Labute approximate surface area is 579 Å². The molecule has 0 bridgehead atoms. The lowest BCUT2D eigenvalue weighted by Gasteiger charge is -2.53. The first-order chi connectivity index (χ1) is 48.1. The maximum absolute atomic E-state index is 13.8. The van der Waals surface area contributed by atoms with Crippen LogP contribution in [0.3, 0.4) is 0 Å². The van der Waals surface area contributed by atoms with E-state index < -0.39 is 321 Å². The van der Waals surface area contributed by atoms with Crippen molar-refractivity contribution >= 4 is 11.8 Å². The lowest BCUT2D eigenvalue weighted by molar-refractivity contribution is -0.412. The highest BCUT2D eigenvalue weighted by atomic mass is 16.8. The number of hydrogen-bond acceptors (Lipinski definition) is 42. The van der Waals surface area contributed by atoms with Crippen LogP contribution in [0.5, 0.6) is 0 Å². The highest BCUT2D eigenvalue weighted by Crippen LogP contribution is 2.41. The Morgan fingerprint density at radius 3 is 1.02 bits per heavy atom. The zero-order valence-electron chi connectivity index (χ0n) is 55.6. The van der Waals surface area contributed by atoms with E-state index >= 15 is 0 Å². The van der Waals surface area contributed by atoms with Crippen molar-refractivity contribution in [3.05, 3.63) is 0 Å². The third-order valence-corrected chi connectivity index (χ3v) is 19.4. The monoisotopic (exact) mass is 1490 g/mol. The molecule has 0 saturated carbocycles. The largest absolute Gasteiger partial charge is 0.394 e. The molecule has 2 amide bonds. The normalized spacial score (nSPS) is 52.7. The summed E-state index contributed by atoms with van der Waals surface area (Å²) in [6, 6.07) is -3.93. The van der Waals surface area contributed by atoms with E-state index in [0.29, 0.717) is 0 Å². The van der Waals surface area contributed by atoms with E-state index in [1.165, 1.54) is 27.7 Å². The van der Waals surface area contributed by atoms with Crippen LogP contribution in [0, 0.1) is 0 Å². The summed E-state index contributed by atoms with van der Waals surface area (Å²) in [5, 5.41) is 260. The zero-order valence-corrected chi connectivity index (χ0v) is 55.6. The molecule has 9 heterocycles. The Kier molecular flexibility index (Phi) is 28.9. The second-order valence-electron chi connectivity index (χ2n) is 26.6. The van der Waals surface area contributed by atoms with Gasteiger partial charge in [-0.05, 0) is 27.7 Å². The molecule has 0 aromatic heterocycles. The number of amides is 2. The molecule has 45 atom stereocenters. The summed E-state index contributed by atoms with van der Waals surface area (Å²) in [5.74, 6) is -1.90. The highest BCUT2D eigenvalue weighted by molar-refractivity contribution is 5.73. The van der Waals surface area contributed by atoms with Gasteiger partial charge in [-0.3, -0.25) is 9.59 Å². The Balaban J connectivity index is 1.13. The second kappa shape index (κ2) is 35.4. The third-order valence-electron chi connectivity index (χ3n) is 19.4. The molecule has 9 fully saturated rings. The number of carbonyl (C=O) groups is 2. The molecule has 592 valence electrons. The Morgan fingerprint density at radius 2 is 0.569 bits per heavy atom. The van der Waals surface area contributed by atoms with E-state index in [1.54, 1.807) is 0 Å². The van der Waals surface area contributed by atoms with Gasteiger partial charge in [0.15, 0.2) is 56.6 Å². The molecule has 0 aliphatic carbocycles. The molecule has 0 spiro atoms. The van der Waals surface area contributed by atoms with Gasteiger partial charge in [0.1, 0.15) is 195 Å². The molecule has 0 radical (unpaired) electrons. The number of carbonyl (C=O) groups excluding carboxylic acids is 2. The van der Waals surface area contributed by atoms with E-state index in [0.717, 1.165) is 13.8 Å². The average molecular weight is 1500 g/mol.